The third-order valence-corrected chi connectivity index (χ3v) is 5.08. The second kappa shape index (κ2) is 6.88. The van der Waals surface area contributed by atoms with Crippen molar-refractivity contribution >= 4 is 5.69 Å². The first-order valence-corrected chi connectivity index (χ1v) is 9.08. The standard InChI is InChI=1S/C20H24N6/c1-3-26-14(2)16(11-23-26)12-25-9-8-19-17(13-25)10-22-20(24-19)15-4-6-18(21)7-5-15/h4-7,10-11H,3,8-9,12-13,21H2,1-2H3. The van der Waals surface area contributed by atoms with Gasteiger partial charge in [-0.1, -0.05) is 0 Å². The van der Waals surface area contributed by atoms with E-state index >= 15 is 0 Å². The largest absolute Gasteiger partial charge is 0.399 e. The smallest absolute Gasteiger partial charge is 0.159 e. The van der Waals surface area contributed by atoms with Crippen LogP contribution in [0, 0.1) is 6.92 Å². The van der Waals surface area contributed by atoms with Gasteiger partial charge in [0.15, 0.2) is 5.82 Å². The Hall–Kier alpha value is -2.73. The molecule has 3 heterocycles. The van der Waals surface area contributed by atoms with Gasteiger partial charge in [0.1, 0.15) is 0 Å². The average Bonchev–Trinajstić information content (AvgIpc) is 3.01. The summed E-state index contributed by atoms with van der Waals surface area (Å²) in [4.78, 5) is 11.8. The van der Waals surface area contributed by atoms with E-state index < -0.39 is 0 Å². The summed E-state index contributed by atoms with van der Waals surface area (Å²) in [7, 11) is 0. The van der Waals surface area contributed by atoms with Crippen molar-refractivity contribution in [1.29, 1.82) is 0 Å². The second-order valence-corrected chi connectivity index (χ2v) is 6.82. The van der Waals surface area contributed by atoms with Crippen LogP contribution in [0.25, 0.3) is 11.4 Å². The third-order valence-electron chi connectivity index (χ3n) is 5.08. The van der Waals surface area contributed by atoms with Crippen LogP contribution in [0.15, 0.2) is 36.7 Å². The number of nitrogens with two attached hydrogens (primary N) is 1. The van der Waals surface area contributed by atoms with E-state index in [9.17, 15) is 0 Å². The molecule has 1 aromatic carbocycles. The lowest BCUT2D eigenvalue weighted by Crippen LogP contribution is -2.31. The molecule has 1 aliphatic heterocycles. The van der Waals surface area contributed by atoms with Gasteiger partial charge in [-0.25, -0.2) is 9.97 Å². The van der Waals surface area contributed by atoms with E-state index in [-0.39, 0.29) is 0 Å². The lowest BCUT2D eigenvalue weighted by Gasteiger charge is -2.28. The minimum atomic E-state index is 0.754. The lowest BCUT2D eigenvalue weighted by molar-refractivity contribution is 0.242. The van der Waals surface area contributed by atoms with Crippen LogP contribution in [0.3, 0.4) is 0 Å². The maximum atomic E-state index is 5.76. The molecule has 3 aromatic rings. The van der Waals surface area contributed by atoms with E-state index in [1.54, 1.807) is 0 Å². The molecule has 0 bridgehead atoms. The molecule has 2 N–H and O–H groups in total. The second-order valence-electron chi connectivity index (χ2n) is 6.82. The Morgan fingerprint density at radius 1 is 1.15 bits per heavy atom. The molecule has 0 saturated carbocycles. The van der Waals surface area contributed by atoms with E-state index in [1.165, 1.54) is 16.8 Å². The quantitative estimate of drug-likeness (QED) is 0.734. The van der Waals surface area contributed by atoms with Crippen LogP contribution in [0.4, 0.5) is 5.69 Å². The fourth-order valence-corrected chi connectivity index (χ4v) is 3.48. The molecule has 2 aromatic heterocycles. The van der Waals surface area contributed by atoms with Crippen LogP contribution in [0.2, 0.25) is 0 Å². The monoisotopic (exact) mass is 348 g/mol. The summed E-state index contributed by atoms with van der Waals surface area (Å²) in [6.07, 6.45) is 4.92. The third kappa shape index (κ3) is 3.20. The number of fused-ring (bicyclic) bond motifs is 1. The summed E-state index contributed by atoms with van der Waals surface area (Å²) in [5.41, 5.74) is 12.5. The highest BCUT2D eigenvalue weighted by atomic mass is 15.3. The molecule has 0 saturated heterocycles. The Balaban J connectivity index is 1.50. The first-order chi connectivity index (χ1) is 12.6. The number of aryl methyl sites for hydroxylation is 1. The summed E-state index contributed by atoms with van der Waals surface area (Å²) in [5.74, 6) is 0.775. The number of rotatable bonds is 4. The van der Waals surface area contributed by atoms with Gasteiger partial charge in [0, 0.05) is 66.9 Å². The molecule has 0 aliphatic carbocycles. The Morgan fingerprint density at radius 3 is 2.69 bits per heavy atom. The maximum absolute atomic E-state index is 5.76. The highest BCUT2D eigenvalue weighted by molar-refractivity contribution is 5.58. The number of benzene rings is 1. The fourth-order valence-electron chi connectivity index (χ4n) is 3.48. The molecular formula is C20H24N6. The molecule has 0 unspecified atom stereocenters. The van der Waals surface area contributed by atoms with Crippen molar-refractivity contribution in [2.24, 2.45) is 0 Å². The summed E-state index contributed by atoms with van der Waals surface area (Å²) >= 11 is 0. The normalized spacial score (nSPS) is 14.4. The van der Waals surface area contributed by atoms with Gasteiger partial charge in [-0.3, -0.25) is 9.58 Å². The Bertz CT molecular complexity index is 913. The molecule has 6 nitrogen and oxygen atoms in total. The zero-order valence-corrected chi connectivity index (χ0v) is 15.3. The number of hydrogen-bond donors (Lipinski definition) is 1. The van der Waals surface area contributed by atoms with Crippen molar-refractivity contribution in [1.82, 2.24) is 24.6 Å². The highest BCUT2D eigenvalue weighted by Gasteiger charge is 2.20. The Labute approximate surface area is 153 Å². The van der Waals surface area contributed by atoms with Crippen molar-refractivity contribution in [3.63, 3.8) is 0 Å². The van der Waals surface area contributed by atoms with Crippen LogP contribution in [0.5, 0.6) is 0 Å². The van der Waals surface area contributed by atoms with Gasteiger partial charge < -0.3 is 5.73 Å². The fraction of sp³-hybridized carbons (Fsp3) is 0.350. The molecule has 0 radical (unpaired) electrons. The molecule has 1 aliphatic rings. The van der Waals surface area contributed by atoms with Gasteiger partial charge in [-0.15, -0.1) is 0 Å². The lowest BCUT2D eigenvalue weighted by atomic mass is 10.1. The summed E-state index contributed by atoms with van der Waals surface area (Å²) in [6.45, 7) is 7.99. The van der Waals surface area contributed by atoms with E-state index in [4.69, 9.17) is 10.7 Å². The Kier molecular flexibility index (Phi) is 4.42. The summed E-state index contributed by atoms with van der Waals surface area (Å²) < 4.78 is 2.05. The topological polar surface area (TPSA) is 72.9 Å². The SMILES string of the molecule is CCn1ncc(CN2CCc3nc(-c4ccc(N)cc4)ncc3C2)c1C. The molecule has 0 amide bonds. The van der Waals surface area contributed by atoms with Crippen LogP contribution < -0.4 is 5.73 Å². The van der Waals surface area contributed by atoms with Crippen LogP contribution in [-0.2, 0) is 26.1 Å². The first-order valence-electron chi connectivity index (χ1n) is 9.08. The van der Waals surface area contributed by atoms with E-state index in [0.717, 1.165) is 55.4 Å². The Morgan fingerprint density at radius 2 is 1.96 bits per heavy atom. The van der Waals surface area contributed by atoms with Crippen molar-refractivity contribution < 1.29 is 0 Å². The summed E-state index contributed by atoms with van der Waals surface area (Å²) in [5, 5.41) is 4.45. The predicted octanol–water partition coefficient (Wildman–Crippen LogP) is 2.81. The van der Waals surface area contributed by atoms with Gasteiger partial charge in [0.2, 0.25) is 0 Å². The van der Waals surface area contributed by atoms with Crippen LogP contribution >= 0.6 is 0 Å². The van der Waals surface area contributed by atoms with Gasteiger partial charge in [-0.2, -0.15) is 5.10 Å². The molecule has 4 rings (SSSR count). The maximum Gasteiger partial charge on any atom is 0.159 e. The van der Waals surface area contributed by atoms with E-state index in [2.05, 4.69) is 33.5 Å². The first kappa shape index (κ1) is 16.7. The minimum absolute atomic E-state index is 0.754. The van der Waals surface area contributed by atoms with Gasteiger partial charge >= 0.3 is 0 Å². The molecule has 134 valence electrons. The highest BCUT2D eigenvalue weighted by Crippen LogP contribution is 2.23. The van der Waals surface area contributed by atoms with E-state index in [0.29, 0.717) is 0 Å². The average molecular weight is 348 g/mol. The molecular weight excluding hydrogens is 324 g/mol. The predicted molar refractivity (Wildman–Crippen MR) is 102 cm³/mol. The van der Waals surface area contributed by atoms with Crippen molar-refractivity contribution in [3.05, 3.63) is 59.2 Å². The van der Waals surface area contributed by atoms with Crippen molar-refractivity contribution in [3.8, 4) is 11.4 Å². The molecule has 0 atom stereocenters. The number of anilines is 1. The molecule has 26 heavy (non-hydrogen) atoms. The molecule has 0 spiro atoms. The number of hydrogen-bond acceptors (Lipinski definition) is 5. The molecule has 0 fully saturated rings. The number of aromatic nitrogens is 4. The van der Waals surface area contributed by atoms with Crippen LogP contribution in [0.1, 0.15) is 29.4 Å². The number of nitrogen functional groups attached to an aromatic ring is 1. The molecule has 6 heteroatoms. The van der Waals surface area contributed by atoms with E-state index in [1.807, 2.05) is 36.7 Å². The zero-order valence-electron chi connectivity index (χ0n) is 15.3. The van der Waals surface area contributed by atoms with Gasteiger partial charge in [0.25, 0.3) is 0 Å². The van der Waals surface area contributed by atoms with Gasteiger partial charge in [-0.05, 0) is 38.1 Å². The van der Waals surface area contributed by atoms with Crippen molar-refractivity contribution in [2.45, 2.75) is 39.9 Å². The summed E-state index contributed by atoms with van der Waals surface area (Å²) in [6, 6.07) is 7.72. The van der Waals surface area contributed by atoms with Crippen molar-refractivity contribution in [2.75, 3.05) is 12.3 Å². The number of nitrogens with zero attached hydrogens (tertiary/aromatic N) is 5. The van der Waals surface area contributed by atoms with Gasteiger partial charge in [0.05, 0.1) is 11.9 Å². The van der Waals surface area contributed by atoms with Crippen LogP contribution in [-0.4, -0.2) is 31.2 Å². The minimum Gasteiger partial charge on any atom is -0.399 e. The zero-order chi connectivity index (χ0) is 18.1.